The van der Waals surface area contributed by atoms with Crippen molar-refractivity contribution >= 4 is 0 Å². The first kappa shape index (κ1) is 15.4. The first-order valence-electron chi connectivity index (χ1n) is 7.88. The summed E-state index contributed by atoms with van der Waals surface area (Å²) in [4.78, 5) is 0. The van der Waals surface area contributed by atoms with Crippen molar-refractivity contribution in [2.24, 2.45) is 0 Å². The smallest absolute Gasteiger partial charge is 0.161 e. The molecular formula is C19H20N2O2. The maximum atomic E-state index is 8.82. The minimum atomic E-state index is 0.197. The topological polar surface area (TPSA) is 54.3 Å². The third kappa shape index (κ3) is 3.82. The van der Waals surface area contributed by atoms with Crippen LogP contribution in [0.2, 0.25) is 0 Å². The Kier molecular flexibility index (Phi) is 4.80. The van der Waals surface area contributed by atoms with Crippen LogP contribution in [-0.4, -0.2) is 13.2 Å². The van der Waals surface area contributed by atoms with Gasteiger partial charge in [0, 0.05) is 19.0 Å². The van der Waals surface area contributed by atoms with Crippen molar-refractivity contribution in [3.05, 3.63) is 59.2 Å². The minimum Gasteiger partial charge on any atom is -0.490 e. The molecule has 1 heterocycles. The van der Waals surface area contributed by atoms with E-state index in [1.54, 1.807) is 0 Å². The number of nitriles is 1. The molecule has 0 bridgehead atoms. The fourth-order valence-electron chi connectivity index (χ4n) is 2.54. The predicted molar refractivity (Wildman–Crippen MR) is 88.5 cm³/mol. The van der Waals surface area contributed by atoms with Crippen molar-refractivity contribution in [3.8, 4) is 17.6 Å². The van der Waals surface area contributed by atoms with Crippen molar-refractivity contribution in [3.63, 3.8) is 0 Å². The number of fused-ring (bicyclic) bond motifs is 1. The van der Waals surface area contributed by atoms with Crippen LogP contribution in [0.1, 0.15) is 36.1 Å². The Morgan fingerprint density at radius 2 is 1.83 bits per heavy atom. The molecule has 4 heteroatoms. The molecule has 1 aliphatic heterocycles. The molecule has 1 atom stereocenters. The van der Waals surface area contributed by atoms with Crippen molar-refractivity contribution in [1.29, 1.82) is 5.26 Å². The van der Waals surface area contributed by atoms with Gasteiger partial charge in [0.1, 0.15) is 0 Å². The number of rotatable bonds is 4. The maximum absolute atomic E-state index is 8.82. The second-order valence-corrected chi connectivity index (χ2v) is 5.67. The van der Waals surface area contributed by atoms with Crippen LogP contribution in [-0.2, 0) is 6.54 Å². The van der Waals surface area contributed by atoms with Crippen LogP contribution in [0.3, 0.4) is 0 Å². The second kappa shape index (κ2) is 7.17. The first-order chi connectivity index (χ1) is 11.3. The fraction of sp³-hybridized carbons (Fsp3) is 0.316. The standard InChI is InChI=1S/C19H20N2O2/c1-14(21-13-16-5-3-15(12-20)4-6-16)17-7-8-18-19(11-17)23-10-2-9-22-18/h3-8,11,14,21H,2,9-10,13H2,1H3/t14-/m1/s1. The van der Waals surface area contributed by atoms with Gasteiger partial charge < -0.3 is 14.8 Å². The summed E-state index contributed by atoms with van der Waals surface area (Å²) >= 11 is 0. The molecule has 0 aliphatic carbocycles. The van der Waals surface area contributed by atoms with E-state index in [1.807, 2.05) is 30.3 Å². The van der Waals surface area contributed by atoms with Crippen LogP contribution in [0, 0.1) is 11.3 Å². The number of hydrogen-bond acceptors (Lipinski definition) is 4. The monoisotopic (exact) mass is 308 g/mol. The van der Waals surface area contributed by atoms with E-state index in [-0.39, 0.29) is 6.04 Å². The molecule has 1 N–H and O–H groups in total. The molecule has 0 saturated carbocycles. The third-order valence-corrected chi connectivity index (χ3v) is 3.97. The van der Waals surface area contributed by atoms with Gasteiger partial charge in [-0.15, -0.1) is 0 Å². The molecular weight excluding hydrogens is 288 g/mol. The van der Waals surface area contributed by atoms with E-state index in [2.05, 4.69) is 30.4 Å². The van der Waals surface area contributed by atoms with E-state index < -0.39 is 0 Å². The van der Waals surface area contributed by atoms with Crippen molar-refractivity contribution < 1.29 is 9.47 Å². The normalized spacial score (nSPS) is 14.6. The lowest BCUT2D eigenvalue weighted by Gasteiger charge is -2.16. The number of nitrogens with one attached hydrogen (secondary N) is 1. The van der Waals surface area contributed by atoms with Gasteiger partial charge in [0.15, 0.2) is 11.5 Å². The maximum Gasteiger partial charge on any atom is 0.161 e. The molecule has 3 rings (SSSR count). The van der Waals surface area contributed by atoms with Crippen molar-refractivity contribution in [2.75, 3.05) is 13.2 Å². The van der Waals surface area contributed by atoms with E-state index in [0.717, 1.165) is 30.0 Å². The van der Waals surface area contributed by atoms with E-state index in [4.69, 9.17) is 14.7 Å². The summed E-state index contributed by atoms with van der Waals surface area (Å²) < 4.78 is 11.4. The van der Waals surface area contributed by atoms with Crippen molar-refractivity contribution in [2.45, 2.75) is 25.9 Å². The van der Waals surface area contributed by atoms with Gasteiger partial charge in [-0.25, -0.2) is 0 Å². The molecule has 0 unspecified atom stereocenters. The first-order valence-corrected chi connectivity index (χ1v) is 7.88. The highest BCUT2D eigenvalue weighted by Gasteiger charge is 2.13. The van der Waals surface area contributed by atoms with E-state index in [1.165, 1.54) is 5.56 Å². The average Bonchev–Trinajstić information content (AvgIpc) is 2.84. The third-order valence-electron chi connectivity index (χ3n) is 3.97. The highest BCUT2D eigenvalue weighted by atomic mass is 16.5. The minimum absolute atomic E-state index is 0.197. The summed E-state index contributed by atoms with van der Waals surface area (Å²) in [6, 6.07) is 16.1. The molecule has 0 aromatic heterocycles. The van der Waals surface area contributed by atoms with Gasteiger partial charge in [-0.05, 0) is 42.3 Å². The zero-order valence-electron chi connectivity index (χ0n) is 13.2. The van der Waals surface area contributed by atoms with Crippen LogP contribution in [0.25, 0.3) is 0 Å². The predicted octanol–water partition coefficient (Wildman–Crippen LogP) is 3.57. The molecule has 2 aromatic rings. The quantitative estimate of drug-likeness (QED) is 0.938. The summed E-state index contributed by atoms with van der Waals surface area (Å²) in [6.07, 6.45) is 0.913. The zero-order valence-corrected chi connectivity index (χ0v) is 13.2. The van der Waals surface area contributed by atoms with Gasteiger partial charge in [0.2, 0.25) is 0 Å². The summed E-state index contributed by atoms with van der Waals surface area (Å²) in [5.41, 5.74) is 3.01. The lowest BCUT2D eigenvalue weighted by Crippen LogP contribution is -2.18. The van der Waals surface area contributed by atoms with Crippen molar-refractivity contribution in [1.82, 2.24) is 5.32 Å². The summed E-state index contributed by atoms with van der Waals surface area (Å²) in [5, 5.41) is 12.3. The zero-order chi connectivity index (χ0) is 16.1. The Balaban J connectivity index is 1.64. The molecule has 23 heavy (non-hydrogen) atoms. The molecule has 118 valence electrons. The second-order valence-electron chi connectivity index (χ2n) is 5.67. The molecule has 0 saturated heterocycles. The Bertz CT molecular complexity index is 704. The lowest BCUT2D eigenvalue weighted by atomic mass is 10.1. The molecule has 0 amide bonds. The number of hydrogen-bond donors (Lipinski definition) is 1. The number of nitrogens with zero attached hydrogens (tertiary/aromatic N) is 1. The highest BCUT2D eigenvalue weighted by Crippen LogP contribution is 2.32. The molecule has 4 nitrogen and oxygen atoms in total. The van der Waals surface area contributed by atoms with E-state index in [9.17, 15) is 0 Å². The molecule has 0 spiro atoms. The number of benzene rings is 2. The summed E-state index contributed by atoms with van der Waals surface area (Å²) in [5.74, 6) is 1.65. The Labute approximate surface area is 136 Å². The lowest BCUT2D eigenvalue weighted by molar-refractivity contribution is 0.297. The highest BCUT2D eigenvalue weighted by molar-refractivity contribution is 5.44. The molecule has 1 aliphatic rings. The van der Waals surface area contributed by atoms with Gasteiger partial charge >= 0.3 is 0 Å². The van der Waals surface area contributed by atoms with Crippen LogP contribution < -0.4 is 14.8 Å². The van der Waals surface area contributed by atoms with E-state index >= 15 is 0 Å². The largest absolute Gasteiger partial charge is 0.490 e. The molecule has 0 radical (unpaired) electrons. The van der Waals surface area contributed by atoms with Gasteiger partial charge in [-0.1, -0.05) is 18.2 Å². The summed E-state index contributed by atoms with van der Waals surface area (Å²) in [7, 11) is 0. The molecule has 2 aromatic carbocycles. The Morgan fingerprint density at radius 1 is 1.09 bits per heavy atom. The van der Waals surface area contributed by atoms with Crippen LogP contribution in [0.15, 0.2) is 42.5 Å². The van der Waals surface area contributed by atoms with Gasteiger partial charge in [-0.2, -0.15) is 5.26 Å². The van der Waals surface area contributed by atoms with E-state index in [0.29, 0.717) is 18.8 Å². The van der Waals surface area contributed by atoms with Gasteiger partial charge in [0.25, 0.3) is 0 Å². The Hall–Kier alpha value is -2.51. The van der Waals surface area contributed by atoms with Gasteiger partial charge in [0.05, 0.1) is 24.8 Å². The number of ether oxygens (including phenoxy) is 2. The average molecular weight is 308 g/mol. The van der Waals surface area contributed by atoms with Crippen LogP contribution in [0.5, 0.6) is 11.5 Å². The van der Waals surface area contributed by atoms with Gasteiger partial charge in [-0.3, -0.25) is 0 Å². The molecule has 0 fully saturated rings. The fourth-order valence-corrected chi connectivity index (χ4v) is 2.54. The SMILES string of the molecule is C[C@@H](NCc1ccc(C#N)cc1)c1ccc2c(c1)OCCCO2. The summed E-state index contributed by atoms with van der Waals surface area (Å²) in [6.45, 7) is 4.28. The van der Waals surface area contributed by atoms with Crippen LogP contribution >= 0.6 is 0 Å². The Morgan fingerprint density at radius 3 is 2.57 bits per heavy atom. The van der Waals surface area contributed by atoms with Crippen LogP contribution in [0.4, 0.5) is 0 Å².